The minimum atomic E-state index is -0.599. The molecule has 21 heavy (non-hydrogen) atoms. The monoisotopic (exact) mass is 292 g/mol. The molecule has 3 N–H and O–H groups in total. The van der Waals surface area contributed by atoms with Crippen LogP contribution >= 0.6 is 0 Å². The number of benzene rings is 1. The van der Waals surface area contributed by atoms with Crippen LogP contribution in [0.2, 0.25) is 0 Å². The summed E-state index contributed by atoms with van der Waals surface area (Å²) in [7, 11) is 0. The average molecular weight is 292 g/mol. The van der Waals surface area contributed by atoms with Crippen LogP contribution in [0.25, 0.3) is 0 Å². The van der Waals surface area contributed by atoms with Gasteiger partial charge in [-0.15, -0.1) is 0 Å². The third-order valence-corrected chi connectivity index (χ3v) is 2.98. The molecule has 0 fully saturated rings. The van der Waals surface area contributed by atoms with E-state index in [0.717, 1.165) is 0 Å². The van der Waals surface area contributed by atoms with Gasteiger partial charge in [-0.3, -0.25) is 4.79 Å². The molecular formula is C16H21FN2O2. The first-order valence-electron chi connectivity index (χ1n) is 6.91. The van der Waals surface area contributed by atoms with E-state index in [2.05, 4.69) is 11.8 Å². The average Bonchev–Trinajstić information content (AvgIpc) is 2.45. The van der Waals surface area contributed by atoms with Crippen LogP contribution in [-0.2, 0) is 0 Å². The van der Waals surface area contributed by atoms with Crippen molar-refractivity contribution in [3.8, 4) is 11.8 Å². The van der Waals surface area contributed by atoms with Crippen LogP contribution in [0.5, 0.6) is 0 Å². The molecule has 0 atom stereocenters. The van der Waals surface area contributed by atoms with Gasteiger partial charge in [-0.2, -0.15) is 0 Å². The summed E-state index contributed by atoms with van der Waals surface area (Å²) in [6.45, 7) is 4.29. The van der Waals surface area contributed by atoms with Crippen LogP contribution < -0.4 is 5.73 Å². The Bertz CT molecular complexity index is 547. The number of aliphatic hydroxyl groups excluding tert-OH is 1. The predicted molar refractivity (Wildman–Crippen MR) is 80.2 cm³/mol. The number of carbonyl (C=O) groups is 1. The maximum absolute atomic E-state index is 14.1. The molecule has 0 aliphatic rings. The topological polar surface area (TPSA) is 66.6 Å². The highest BCUT2D eigenvalue weighted by Gasteiger charge is 2.21. The second kappa shape index (κ2) is 8.40. The van der Waals surface area contributed by atoms with Crippen molar-refractivity contribution in [3.63, 3.8) is 0 Å². The van der Waals surface area contributed by atoms with Gasteiger partial charge >= 0.3 is 0 Å². The van der Waals surface area contributed by atoms with Crippen molar-refractivity contribution in [1.29, 1.82) is 0 Å². The van der Waals surface area contributed by atoms with E-state index in [1.807, 2.05) is 13.8 Å². The Morgan fingerprint density at radius 2 is 2.19 bits per heavy atom. The molecule has 1 aromatic carbocycles. The molecule has 0 bridgehead atoms. The number of amides is 1. The van der Waals surface area contributed by atoms with E-state index >= 15 is 0 Å². The van der Waals surface area contributed by atoms with E-state index in [1.54, 1.807) is 11.0 Å². The molecule has 1 aromatic rings. The molecule has 0 unspecified atom stereocenters. The van der Waals surface area contributed by atoms with Crippen molar-refractivity contribution in [2.75, 3.05) is 19.7 Å². The molecule has 5 heteroatoms. The fraction of sp³-hybridized carbons (Fsp3) is 0.438. The van der Waals surface area contributed by atoms with Gasteiger partial charge in [-0.25, -0.2) is 4.39 Å². The lowest BCUT2D eigenvalue weighted by Gasteiger charge is -2.26. The van der Waals surface area contributed by atoms with E-state index in [9.17, 15) is 9.18 Å². The number of rotatable bonds is 5. The number of hydrogen-bond acceptors (Lipinski definition) is 3. The fourth-order valence-corrected chi connectivity index (χ4v) is 1.91. The van der Waals surface area contributed by atoms with Gasteiger partial charge in [-0.1, -0.05) is 11.8 Å². The molecule has 114 valence electrons. The first kappa shape index (κ1) is 17.2. The van der Waals surface area contributed by atoms with Gasteiger partial charge in [0, 0.05) is 24.8 Å². The first-order chi connectivity index (χ1) is 10.0. The molecule has 0 spiro atoms. The molecule has 0 aliphatic carbocycles. The molecule has 0 aliphatic heterocycles. The van der Waals surface area contributed by atoms with Crippen molar-refractivity contribution in [1.82, 2.24) is 4.90 Å². The lowest BCUT2D eigenvalue weighted by atomic mass is 10.1. The summed E-state index contributed by atoms with van der Waals surface area (Å²) in [5, 5.41) is 8.89. The van der Waals surface area contributed by atoms with Gasteiger partial charge in [0.25, 0.3) is 5.91 Å². The summed E-state index contributed by atoms with van der Waals surface area (Å²) in [5.74, 6) is 4.38. The van der Waals surface area contributed by atoms with Crippen molar-refractivity contribution in [2.24, 2.45) is 5.73 Å². The zero-order chi connectivity index (χ0) is 15.8. The summed E-state index contributed by atoms with van der Waals surface area (Å²) >= 11 is 0. The van der Waals surface area contributed by atoms with Gasteiger partial charge in [0.2, 0.25) is 0 Å². The Balaban J connectivity index is 3.00. The molecule has 0 saturated carbocycles. The summed E-state index contributed by atoms with van der Waals surface area (Å²) in [5.41, 5.74) is 5.76. The lowest BCUT2D eigenvalue weighted by Crippen LogP contribution is -2.38. The predicted octanol–water partition coefficient (Wildman–Crippen LogP) is 1.37. The molecule has 1 rings (SSSR count). The minimum Gasteiger partial charge on any atom is -0.396 e. The Morgan fingerprint density at radius 3 is 2.71 bits per heavy atom. The third-order valence-electron chi connectivity index (χ3n) is 2.98. The van der Waals surface area contributed by atoms with Crippen LogP contribution in [0.1, 0.15) is 36.2 Å². The van der Waals surface area contributed by atoms with Gasteiger partial charge in [0.05, 0.1) is 12.1 Å². The Labute approximate surface area is 124 Å². The Kier molecular flexibility index (Phi) is 6.86. The third kappa shape index (κ3) is 4.85. The molecule has 0 aromatic heterocycles. The second-order valence-corrected chi connectivity index (χ2v) is 4.87. The van der Waals surface area contributed by atoms with Crippen LogP contribution in [0.15, 0.2) is 18.2 Å². The fourth-order valence-electron chi connectivity index (χ4n) is 1.91. The summed E-state index contributed by atoms with van der Waals surface area (Å²) in [4.78, 5) is 13.9. The number of halogens is 1. The molecule has 0 heterocycles. The van der Waals surface area contributed by atoms with Crippen molar-refractivity contribution >= 4 is 5.91 Å². The van der Waals surface area contributed by atoms with Crippen molar-refractivity contribution < 1.29 is 14.3 Å². The zero-order valence-electron chi connectivity index (χ0n) is 12.4. The minimum absolute atomic E-state index is 0.00734. The van der Waals surface area contributed by atoms with E-state index < -0.39 is 5.82 Å². The van der Waals surface area contributed by atoms with Crippen LogP contribution in [-0.4, -0.2) is 41.7 Å². The number of nitrogens with zero attached hydrogens (tertiary/aromatic N) is 1. The highest BCUT2D eigenvalue weighted by atomic mass is 19.1. The number of aliphatic hydroxyl groups is 1. The van der Waals surface area contributed by atoms with Gasteiger partial charge in [0.1, 0.15) is 5.82 Å². The Morgan fingerprint density at radius 1 is 1.48 bits per heavy atom. The largest absolute Gasteiger partial charge is 0.396 e. The lowest BCUT2D eigenvalue weighted by molar-refractivity contribution is 0.0688. The molecule has 1 amide bonds. The standard InChI is InChI=1S/C16H21FN2O2/c1-12(2)19(9-4-10-20)16(21)14-7-6-13(5-3-8-18)11-15(14)17/h6-7,11-12,20H,4,8-10,18H2,1-2H3. The Hall–Kier alpha value is -1.90. The summed E-state index contributed by atoms with van der Waals surface area (Å²) in [6, 6.07) is 4.20. The summed E-state index contributed by atoms with van der Waals surface area (Å²) in [6.07, 6.45) is 0.464. The highest BCUT2D eigenvalue weighted by Crippen LogP contribution is 2.15. The highest BCUT2D eigenvalue weighted by molar-refractivity contribution is 5.94. The number of nitrogens with two attached hydrogens (primary N) is 1. The maximum Gasteiger partial charge on any atom is 0.257 e. The maximum atomic E-state index is 14.1. The van der Waals surface area contributed by atoms with E-state index in [0.29, 0.717) is 18.5 Å². The van der Waals surface area contributed by atoms with E-state index in [1.165, 1.54) is 12.1 Å². The van der Waals surface area contributed by atoms with Crippen molar-refractivity contribution in [2.45, 2.75) is 26.3 Å². The van der Waals surface area contributed by atoms with E-state index in [4.69, 9.17) is 10.8 Å². The van der Waals surface area contributed by atoms with Crippen LogP contribution in [0.4, 0.5) is 4.39 Å². The number of hydrogen-bond donors (Lipinski definition) is 2. The number of carbonyl (C=O) groups excluding carboxylic acids is 1. The van der Waals surface area contributed by atoms with Gasteiger partial charge < -0.3 is 15.7 Å². The van der Waals surface area contributed by atoms with E-state index in [-0.39, 0.29) is 30.7 Å². The molecule has 4 nitrogen and oxygen atoms in total. The van der Waals surface area contributed by atoms with Gasteiger partial charge in [0.15, 0.2) is 0 Å². The first-order valence-corrected chi connectivity index (χ1v) is 6.91. The van der Waals surface area contributed by atoms with Crippen molar-refractivity contribution in [3.05, 3.63) is 35.1 Å². The second-order valence-electron chi connectivity index (χ2n) is 4.87. The SMILES string of the molecule is CC(C)N(CCCO)C(=O)c1ccc(C#CCN)cc1F. The zero-order valence-corrected chi connectivity index (χ0v) is 12.4. The normalized spacial score (nSPS) is 10.2. The smallest absolute Gasteiger partial charge is 0.257 e. The molecular weight excluding hydrogens is 271 g/mol. The van der Waals surface area contributed by atoms with Crippen LogP contribution in [0, 0.1) is 17.7 Å². The van der Waals surface area contributed by atoms with Crippen LogP contribution in [0.3, 0.4) is 0 Å². The quantitative estimate of drug-likeness (QED) is 0.806. The van der Waals surface area contributed by atoms with Gasteiger partial charge in [-0.05, 0) is 38.5 Å². The molecule has 0 saturated heterocycles. The molecule has 0 radical (unpaired) electrons. The summed E-state index contributed by atoms with van der Waals surface area (Å²) < 4.78 is 14.1.